The van der Waals surface area contributed by atoms with E-state index in [4.69, 9.17) is 16.7 Å². The number of hydrogen-bond donors (Lipinski definition) is 1. The summed E-state index contributed by atoms with van der Waals surface area (Å²) in [4.78, 5) is 12.9. The summed E-state index contributed by atoms with van der Waals surface area (Å²) < 4.78 is 1.99. The third kappa shape index (κ3) is 2.97. The van der Waals surface area contributed by atoms with Gasteiger partial charge in [-0.25, -0.2) is 4.68 Å². The third-order valence-corrected chi connectivity index (χ3v) is 5.51. The maximum atomic E-state index is 12.9. The van der Waals surface area contributed by atoms with Crippen LogP contribution in [0.25, 0.3) is 5.69 Å². The number of carbonyl (C=O) groups excluding carboxylic acids is 1. The van der Waals surface area contributed by atoms with Gasteiger partial charge in [-0.15, -0.1) is 0 Å². The van der Waals surface area contributed by atoms with Crippen molar-refractivity contribution in [1.82, 2.24) is 15.1 Å². The van der Waals surface area contributed by atoms with Gasteiger partial charge in [-0.05, 0) is 76.6 Å². The minimum absolute atomic E-state index is 0.0657. The fourth-order valence-corrected chi connectivity index (χ4v) is 4.37. The van der Waals surface area contributed by atoms with Crippen molar-refractivity contribution in [2.75, 3.05) is 0 Å². The molecule has 1 heterocycles. The van der Waals surface area contributed by atoms with Crippen LogP contribution in [0.5, 0.6) is 0 Å². The maximum absolute atomic E-state index is 12.9. The van der Waals surface area contributed by atoms with Gasteiger partial charge in [0.15, 0.2) is 5.69 Å². The normalized spacial score (nSPS) is 21.9. The maximum Gasteiger partial charge on any atom is 0.272 e. The highest BCUT2D eigenvalue weighted by Crippen LogP contribution is 2.51. The first-order chi connectivity index (χ1) is 11.8. The Hall–Kier alpha value is -1.81. The van der Waals surface area contributed by atoms with E-state index in [1.165, 1.54) is 36.9 Å². The summed E-state index contributed by atoms with van der Waals surface area (Å²) in [6, 6.07) is 7.70. The van der Waals surface area contributed by atoms with E-state index in [1.807, 2.05) is 49.7 Å². The molecule has 5 heteroatoms. The number of fused-ring (bicyclic) bond motifs is 2. The van der Waals surface area contributed by atoms with Crippen molar-refractivity contribution in [3.05, 3.63) is 46.2 Å². The van der Waals surface area contributed by atoms with E-state index < -0.39 is 0 Å². The zero-order chi connectivity index (χ0) is 17.8. The van der Waals surface area contributed by atoms with Gasteiger partial charge in [-0.1, -0.05) is 11.6 Å². The largest absolute Gasteiger partial charge is 0.346 e. The van der Waals surface area contributed by atoms with E-state index in [9.17, 15) is 4.79 Å². The smallest absolute Gasteiger partial charge is 0.272 e. The summed E-state index contributed by atoms with van der Waals surface area (Å²) in [5.41, 5.74) is 3.72. The molecule has 0 radical (unpaired) electrons. The molecule has 0 spiro atoms. The van der Waals surface area contributed by atoms with Crippen LogP contribution in [0, 0.1) is 0 Å². The Bertz CT molecular complexity index is 809. The molecule has 3 aliphatic carbocycles. The zero-order valence-electron chi connectivity index (χ0n) is 15.0. The molecule has 0 unspecified atom stereocenters. The minimum atomic E-state index is -0.276. The summed E-state index contributed by atoms with van der Waals surface area (Å²) >= 11 is 6.04. The Morgan fingerprint density at radius 2 is 1.72 bits per heavy atom. The molecule has 1 fully saturated rings. The summed E-state index contributed by atoms with van der Waals surface area (Å²) in [6.45, 7) is 6.00. The Balaban J connectivity index is 1.85. The molecule has 4 nitrogen and oxygen atoms in total. The van der Waals surface area contributed by atoms with E-state index >= 15 is 0 Å². The zero-order valence-corrected chi connectivity index (χ0v) is 15.7. The van der Waals surface area contributed by atoms with Crippen molar-refractivity contribution in [2.24, 2.45) is 0 Å². The predicted molar refractivity (Wildman–Crippen MR) is 99.7 cm³/mol. The Morgan fingerprint density at radius 1 is 1.12 bits per heavy atom. The lowest BCUT2D eigenvalue weighted by Gasteiger charge is -2.36. The number of benzene rings is 1. The SMILES string of the molecule is CC(C)(C)NC(=O)c1nn(-c2ccc(Cl)cc2)c2c1C1CCC2CC1. The van der Waals surface area contributed by atoms with Gasteiger partial charge in [0.25, 0.3) is 5.91 Å². The van der Waals surface area contributed by atoms with Crippen LogP contribution in [0.3, 0.4) is 0 Å². The fraction of sp³-hybridized carbons (Fsp3) is 0.500. The van der Waals surface area contributed by atoms with E-state index in [0.29, 0.717) is 22.6 Å². The monoisotopic (exact) mass is 357 g/mol. The van der Waals surface area contributed by atoms with Crippen molar-refractivity contribution in [3.63, 3.8) is 0 Å². The number of amides is 1. The van der Waals surface area contributed by atoms with Crippen molar-refractivity contribution >= 4 is 17.5 Å². The van der Waals surface area contributed by atoms with E-state index in [2.05, 4.69) is 5.32 Å². The highest BCUT2D eigenvalue weighted by atomic mass is 35.5. The number of rotatable bonds is 2. The van der Waals surface area contributed by atoms with Crippen LogP contribution < -0.4 is 5.32 Å². The Morgan fingerprint density at radius 3 is 2.32 bits per heavy atom. The number of carbonyl (C=O) groups is 1. The Kier molecular flexibility index (Phi) is 3.91. The van der Waals surface area contributed by atoms with Crippen molar-refractivity contribution in [3.8, 4) is 5.69 Å². The number of hydrogen-bond acceptors (Lipinski definition) is 2. The summed E-state index contributed by atoms with van der Waals surface area (Å²) in [5, 5.41) is 8.57. The second kappa shape index (κ2) is 5.87. The molecule has 0 saturated heterocycles. The van der Waals surface area contributed by atoms with Crippen LogP contribution in [-0.4, -0.2) is 21.2 Å². The van der Waals surface area contributed by atoms with Crippen LogP contribution in [0.2, 0.25) is 5.02 Å². The molecule has 0 atom stereocenters. The van der Waals surface area contributed by atoms with Crippen LogP contribution in [0.4, 0.5) is 0 Å². The number of nitrogens with one attached hydrogen (secondary N) is 1. The van der Waals surface area contributed by atoms with Gasteiger partial charge < -0.3 is 5.32 Å². The molecule has 2 bridgehead atoms. The van der Waals surface area contributed by atoms with Crippen molar-refractivity contribution < 1.29 is 4.79 Å². The van der Waals surface area contributed by atoms with Gasteiger partial charge in [0, 0.05) is 22.0 Å². The van der Waals surface area contributed by atoms with Gasteiger partial charge in [0.1, 0.15) is 0 Å². The van der Waals surface area contributed by atoms with Crippen molar-refractivity contribution in [2.45, 2.75) is 63.8 Å². The van der Waals surface area contributed by atoms with E-state index in [-0.39, 0.29) is 11.4 Å². The summed E-state index contributed by atoms with van der Waals surface area (Å²) in [7, 11) is 0. The minimum Gasteiger partial charge on any atom is -0.346 e. The Labute approximate surface area is 153 Å². The molecular formula is C20H24ClN3O. The molecule has 132 valence electrons. The molecule has 25 heavy (non-hydrogen) atoms. The molecule has 3 aliphatic rings. The van der Waals surface area contributed by atoms with Gasteiger partial charge in [0.2, 0.25) is 0 Å². The molecule has 1 aromatic carbocycles. The molecule has 1 amide bonds. The lowest BCUT2D eigenvalue weighted by Crippen LogP contribution is -2.41. The second-order valence-electron chi connectivity index (χ2n) is 8.29. The fourth-order valence-electron chi connectivity index (χ4n) is 4.24. The van der Waals surface area contributed by atoms with Gasteiger partial charge >= 0.3 is 0 Å². The average Bonchev–Trinajstić information content (AvgIpc) is 2.98. The second-order valence-corrected chi connectivity index (χ2v) is 8.72. The number of aromatic nitrogens is 2. The molecule has 1 saturated carbocycles. The van der Waals surface area contributed by atoms with Crippen LogP contribution in [0.1, 0.15) is 80.0 Å². The number of nitrogens with zero attached hydrogens (tertiary/aromatic N) is 2. The summed E-state index contributed by atoms with van der Waals surface area (Å²) in [5.74, 6) is 0.894. The lowest BCUT2D eigenvalue weighted by atomic mass is 9.69. The average molecular weight is 358 g/mol. The topological polar surface area (TPSA) is 46.9 Å². The van der Waals surface area contributed by atoms with Crippen LogP contribution in [-0.2, 0) is 0 Å². The van der Waals surface area contributed by atoms with E-state index in [0.717, 1.165) is 5.69 Å². The molecule has 5 rings (SSSR count). The molecular weight excluding hydrogens is 334 g/mol. The quantitative estimate of drug-likeness (QED) is 0.838. The highest BCUT2D eigenvalue weighted by Gasteiger charge is 2.40. The standard InChI is InChI=1S/C20H24ClN3O/c1-20(2,3)22-19(25)17-16-12-4-6-13(7-5-12)18(16)24(23-17)15-10-8-14(21)9-11-15/h8-13H,4-7H2,1-3H3,(H,22,25). The molecule has 2 aromatic rings. The van der Waals surface area contributed by atoms with Crippen molar-refractivity contribution in [1.29, 1.82) is 0 Å². The van der Waals surface area contributed by atoms with Crippen LogP contribution >= 0.6 is 11.6 Å². The lowest BCUT2D eigenvalue weighted by molar-refractivity contribution is 0.0912. The predicted octanol–water partition coefficient (Wildman–Crippen LogP) is 4.81. The molecule has 1 aromatic heterocycles. The summed E-state index contributed by atoms with van der Waals surface area (Å²) in [6.07, 6.45) is 4.72. The van der Waals surface area contributed by atoms with Gasteiger partial charge in [-0.2, -0.15) is 5.10 Å². The van der Waals surface area contributed by atoms with Gasteiger partial charge in [-0.3, -0.25) is 4.79 Å². The third-order valence-electron chi connectivity index (χ3n) is 5.26. The van der Waals surface area contributed by atoms with Crippen LogP contribution in [0.15, 0.2) is 24.3 Å². The first-order valence-electron chi connectivity index (χ1n) is 9.05. The molecule has 1 N–H and O–H groups in total. The highest BCUT2D eigenvalue weighted by molar-refractivity contribution is 6.30. The first kappa shape index (κ1) is 16.6. The first-order valence-corrected chi connectivity index (χ1v) is 9.42. The van der Waals surface area contributed by atoms with E-state index in [1.54, 1.807) is 0 Å². The van der Waals surface area contributed by atoms with Gasteiger partial charge in [0.05, 0.1) is 11.4 Å². The number of halogens is 1. The molecule has 0 aliphatic heterocycles.